The molecule has 0 spiro atoms. The number of rotatable bonds is 7. The summed E-state index contributed by atoms with van der Waals surface area (Å²) in [5.41, 5.74) is 0.887. The van der Waals surface area contributed by atoms with E-state index < -0.39 is 12.1 Å². The van der Waals surface area contributed by atoms with Crippen LogP contribution < -0.4 is 10.6 Å². The summed E-state index contributed by atoms with van der Waals surface area (Å²) in [7, 11) is 0. The van der Waals surface area contributed by atoms with Crippen LogP contribution >= 0.6 is 22.9 Å². The molecule has 0 saturated carbocycles. The second-order valence-corrected chi connectivity index (χ2v) is 7.65. The largest absolute Gasteiger partial charge is 0.445 e. The highest BCUT2D eigenvalue weighted by Crippen LogP contribution is 2.21. The first-order valence-corrected chi connectivity index (χ1v) is 9.14. The fourth-order valence-electron chi connectivity index (χ4n) is 2.16. The zero-order valence-corrected chi connectivity index (χ0v) is 15.7. The summed E-state index contributed by atoms with van der Waals surface area (Å²) in [4.78, 5) is 25.3. The van der Waals surface area contributed by atoms with Gasteiger partial charge in [0, 0.05) is 4.88 Å². The van der Waals surface area contributed by atoms with E-state index in [1.807, 2.05) is 50.2 Å². The van der Waals surface area contributed by atoms with Crippen LogP contribution in [-0.4, -0.2) is 18.0 Å². The van der Waals surface area contributed by atoms with E-state index in [2.05, 4.69) is 10.6 Å². The molecule has 7 heteroatoms. The number of thiophene rings is 1. The molecule has 5 nitrogen and oxygen atoms in total. The van der Waals surface area contributed by atoms with Gasteiger partial charge in [0.1, 0.15) is 12.6 Å². The molecule has 1 aromatic carbocycles. The minimum absolute atomic E-state index is 0.0730. The smallest absolute Gasteiger partial charge is 0.408 e. The molecule has 2 rings (SSSR count). The quantitative estimate of drug-likeness (QED) is 0.763. The molecule has 0 radical (unpaired) electrons. The number of halogens is 1. The van der Waals surface area contributed by atoms with Gasteiger partial charge in [-0.25, -0.2) is 4.79 Å². The highest BCUT2D eigenvalue weighted by molar-refractivity contribution is 7.16. The van der Waals surface area contributed by atoms with Crippen LogP contribution in [0.25, 0.3) is 0 Å². The van der Waals surface area contributed by atoms with E-state index in [1.165, 1.54) is 11.3 Å². The van der Waals surface area contributed by atoms with E-state index in [0.717, 1.165) is 10.4 Å². The molecular weight excluding hydrogens is 360 g/mol. The van der Waals surface area contributed by atoms with Crippen LogP contribution in [0.1, 0.15) is 24.3 Å². The Bertz CT molecular complexity index is 703. The molecule has 2 amide bonds. The standard InChI is InChI=1S/C18H21ClN2O3S/c1-12(2)16(17(22)20-10-14-8-9-15(19)25-14)21-18(23)24-11-13-6-4-3-5-7-13/h3-9,12,16H,10-11H2,1-2H3,(H,20,22)(H,21,23)/t16-/m0/s1. The van der Waals surface area contributed by atoms with Gasteiger partial charge in [0.05, 0.1) is 10.9 Å². The summed E-state index contributed by atoms with van der Waals surface area (Å²) in [6.07, 6.45) is -0.614. The van der Waals surface area contributed by atoms with Crippen LogP contribution in [0.3, 0.4) is 0 Å². The average molecular weight is 381 g/mol. The van der Waals surface area contributed by atoms with Crippen molar-refractivity contribution >= 4 is 34.9 Å². The van der Waals surface area contributed by atoms with Crippen LogP contribution in [-0.2, 0) is 22.7 Å². The van der Waals surface area contributed by atoms with Crippen LogP contribution in [0.15, 0.2) is 42.5 Å². The first-order valence-electron chi connectivity index (χ1n) is 7.95. The molecule has 2 N–H and O–H groups in total. The SMILES string of the molecule is CC(C)[C@H](NC(=O)OCc1ccccc1)C(=O)NCc1ccc(Cl)s1. The first kappa shape index (κ1) is 19.3. The number of amides is 2. The number of hydrogen-bond acceptors (Lipinski definition) is 4. The minimum Gasteiger partial charge on any atom is -0.445 e. The maximum Gasteiger partial charge on any atom is 0.408 e. The van der Waals surface area contributed by atoms with Gasteiger partial charge in [-0.1, -0.05) is 55.8 Å². The maximum atomic E-state index is 12.4. The molecule has 134 valence electrons. The molecule has 1 atom stereocenters. The molecule has 0 unspecified atom stereocenters. The predicted molar refractivity (Wildman–Crippen MR) is 99.6 cm³/mol. The van der Waals surface area contributed by atoms with Crippen LogP contribution in [0.2, 0.25) is 4.34 Å². The van der Waals surface area contributed by atoms with Crippen molar-refractivity contribution in [2.24, 2.45) is 5.92 Å². The fourth-order valence-corrected chi connectivity index (χ4v) is 3.18. The predicted octanol–water partition coefficient (Wildman–Crippen LogP) is 3.97. The van der Waals surface area contributed by atoms with Crippen LogP contribution in [0.5, 0.6) is 0 Å². The normalized spacial score (nSPS) is 11.8. The van der Waals surface area contributed by atoms with Crippen molar-refractivity contribution in [1.82, 2.24) is 10.6 Å². The van der Waals surface area contributed by atoms with Gasteiger partial charge in [0.2, 0.25) is 5.91 Å². The van der Waals surface area contributed by atoms with Gasteiger partial charge in [0.25, 0.3) is 0 Å². The second kappa shape index (κ2) is 9.44. The first-order chi connectivity index (χ1) is 12.0. The van der Waals surface area contributed by atoms with Gasteiger partial charge in [0.15, 0.2) is 0 Å². The van der Waals surface area contributed by atoms with Crippen molar-refractivity contribution in [3.63, 3.8) is 0 Å². The Morgan fingerprint density at radius 2 is 1.88 bits per heavy atom. The number of carbonyl (C=O) groups excluding carboxylic acids is 2. The van der Waals surface area contributed by atoms with Gasteiger partial charge in [-0.2, -0.15) is 0 Å². The molecule has 0 bridgehead atoms. The van der Waals surface area contributed by atoms with E-state index in [1.54, 1.807) is 6.07 Å². The van der Waals surface area contributed by atoms with E-state index in [-0.39, 0.29) is 18.4 Å². The molecule has 1 heterocycles. The fraction of sp³-hybridized carbons (Fsp3) is 0.333. The number of nitrogens with one attached hydrogen (secondary N) is 2. The maximum absolute atomic E-state index is 12.4. The Morgan fingerprint density at radius 3 is 2.48 bits per heavy atom. The molecule has 25 heavy (non-hydrogen) atoms. The summed E-state index contributed by atoms with van der Waals surface area (Å²) in [6.45, 7) is 4.26. The summed E-state index contributed by atoms with van der Waals surface area (Å²) in [5, 5.41) is 5.45. The molecule has 0 aliphatic rings. The molecular formula is C18H21ClN2O3S. The summed E-state index contributed by atoms with van der Waals surface area (Å²) >= 11 is 7.28. The third-order valence-corrected chi connectivity index (χ3v) is 4.73. The summed E-state index contributed by atoms with van der Waals surface area (Å²) < 4.78 is 5.85. The van der Waals surface area contributed by atoms with Crippen molar-refractivity contribution in [1.29, 1.82) is 0 Å². The Labute approximate surface area is 156 Å². The van der Waals surface area contributed by atoms with E-state index in [9.17, 15) is 9.59 Å². The number of ether oxygens (including phenoxy) is 1. The molecule has 0 aliphatic heterocycles. The Hall–Kier alpha value is -2.05. The summed E-state index contributed by atoms with van der Waals surface area (Å²) in [6, 6.07) is 12.3. The highest BCUT2D eigenvalue weighted by Gasteiger charge is 2.24. The lowest BCUT2D eigenvalue weighted by Gasteiger charge is -2.21. The van der Waals surface area contributed by atoms with Gasteiger partial charge in [-0.05, 0) is 23.6 Å². The van der Waals surface area contributed by atoms with Crippen LogP contribution in [0, 0.1) is 5.92 Å². The molecule has 0 fully saturated rings. The lowest BCUT2D eigenvalue weighted by molar-refractivity contribution is -0.124. The molecule has 2 aromatic rings. The van der Waals surface area contributed by atoms with Crippen molar-refractivity contribution in [3.8, 4) is 0 Å². The number of alkyl carbamates (subject to hydrolysis) is 1. The number of hydrogen-bond donors (Lipinski definition) is 2. The Kier molecular flexibility index (Phi) is 7.28. The van der Waals surface area contributed by atoms with Gasteiger partial charge in [-0.15, -0.1) is 11.3 Å². The van der Waals surface area contributed by atoms with E-state index in [4.69, 9.17) is 16.3 Å². The monoisotopic (exact) mass is 380 g/mol. The molecule has 1 aromatic heterocycles. The molecule has 0 saturated heterocycles. The van der Waals surface area contributed by atoms with Crippen LogP contribution in [0.4, 0.5) is 4.79 Å². The number of benzene rings is 1. The van der Waals surface area contributed by atoms with E-state index >= 15 is 0 Å². The van der Waals surface area contributed by atoms with Gasteiger partial charge < -0.3 is 15.4 Å². The molecule has 0 aliphatic carbocycles. The third kappa shape index (κ3) is 6.40. The van der Waals surface area contributed by atoms with Crippen molar-refractivity contribution in [2.45, 2.75) is 33.0 Å². The third-order valence-electron chi connectivity index (χ3n) is 3.50. The average Bonchev–Trinajstić information content (AvgIpc) is 3.02. The Balaban J connectivity index is 1.84. The van der Waals surface area contributed by atoms with Gasteiger partial charge >= 0.3 is 6.09 Å². The lowest BCUT2D eigenvalue weighted by Crippen LogP contribution is -2.49. The zero-order valence-electron chi connectivity index (χ0n) is 14.1. The Morgan fingerprint density at radius 1 is 1.16 bits per heavy atom. The van der Waals surface area contributed by atoms with Crippen molar-refractivity contribution < 1.29 is 14.3 Å². The lowest BCUT2D eigenvalue weighted by atomic mass is 10.0. The highest BCUT2D eigenvalue weighted by atomic mass is 35.5. The van der Waals surface area contributed by atoms with Crippen molar-refractivity contribution in [2.75, 3.05) is 0 Å². The van der Waals surface area contributed by atoms with Crippen molar-refractivity contribution in [3.05, 3.63) is 57.2 Å². The van der Waals surface area contributed by atoms with E-state index in [0.29, 0.717) is 10.9 Å². The topological polar surface area (TPSA) is 67.4 Å². The zero-order chi connectivity index (χ0) is 18.2. The van der Waals surface area contributed by atoms with Gasteiger partial charge in [-0.3, -0.25) is 4.79 Å². The minimum atomic E-state index is -0.668. The summed E-state index contributed by atoms with van der Waals surface area (Å²) in [5.74, 6) is -0.326. The number of carbonyl (C=O) groups is 2. The second-order valence-electron chi connectivity index (χ2n) is 5.85.